The van der Waals surface area contributed by atoms with E-state index in [4.69, 9.17) is 0 Å². The zero-order valence-corrected chi connectivity index (χ0v) is 15.9. The second-order valence-corrected chi connectivity index (χ2v) is 7.60. The van der Waals surface area contributed by atoms with Crippen LogP contribution < -0.4 is 16.0 Å². The largest absolute Gasteiger partial charge is 0.390 e. The minimum atomic E-state index is -0.614. The highest BCUT2D eigenvalue weighted by molar-refractivity contribution is 5.94. The van der Waals surface area contributed by atoms with Gasteiger partial charge in [-0.25, -0.2) is 0 Å². The molecule has 28 heavy (non-hydrogen) atoms. The van der Waals surface area contributed by atoms with Gasteiger partial charge < -0.3 is 21.1 Å². The summed E-state index contributed by atoms with van der Waals surface area (Å²) in [5.41, 5.74) is 3.96. The van der Waals surface area contributed by atoms with Crippen LogP contribution in [0.4, 0.5) is 5.69 Å². The number of β-amino-alcohol motifs (C(OH)–C–C–N with tert-alkyl or cyclic N) is 1. The smallest absolute Gasteiger partial charge is 0.253 e. The van der Waals surface area contributed by atoms with Crippen LogP contribution in [0.1, 0.15) is 27.9 Å². The van der Waals surface area contributed by atoms with Gasteiger partial charge in [-0.3, -0.25) is 14.7 Å². The lowest BCUT2D eigenvalue weighted by molar-refractivity contribution is 0.0855. The summed E-state index contributed by atoms with van der Waals surface area (Å²) in [5, 5.41) is 19.9. The van der Waals surface area contributed by atoms with Crippen LogP contribution in [0.15, 0.2) is 42.7 Å². The molecule has 3 heterocycles. The van der Waals surface area contributed by atoms with Crippen molar-refractivity contribution >= 4 is 11.6 Å². The van der Waals surface area contributed by atoms with Crippen molar-refractivity contribution in [2.45, 2.75) is 31.7 Å². The molecule has 0 radical (unpaired) electrons. The number of aromatic nitrogens is 1. The van der Waals surface area contributed by atoms with Crippen LogP contribution in [-0.4, -0.2) is 59.2 Å². The van der Waals surface area contributed by atoms with E-state index < -0.39 is 6.10 Å². The first kappa shape index (κ1) is 18.9. The Labute approximate surface area is 165 Å². The van der Waals surface area contributed by atoms with E-state index in [1.54, 1.807) is 12.4 Å². The molecule has 7 heteroatoms. The summed E-state index contributed by atoms with van der Waals surface area (Å²) in [5.74, 6) is -0.218. The Morgan fingerprint density at radius 3 is 2.79 bits per heavy atom. The fourth-order valence-corrected chi connectivity index (χ4v) is 3.86. The lowest BCUT2D eigenvalue weighted by Crippen LogP contribution is -2.38. The van der Waals surface area contributed by atoms with Gasteiger partial charge in [0.2, 0.25) is 0 Å². The van der Waals surface area contributed by atoms with E-state index in [1.165, 1.54) is 11.1 Å². The van der Waals surface area contributed by atoms with Gasteiger partial charge in [0.25, 0.3) is 5.91 Å². The lowest BCUT2D eigenvalue weighted by atomic mass is 10.1. The van der Waals surface area contributed by atoms with Gasteiger partial charge in [-0.15, -0.1) is 0 Å². The van der Waals surface area contributed by atoms with Crippen molar-refractivity contribution in [3.8, 4) is 0 Å². The van der Waals surface area contributed by atoms with Crippen LogP contribution in [0.25, 0.3) is 0 Å². The van der Waals surface area contributed by atoms with Crippen molar-refractivity contribution in [1.29, 1.82) is 0 Å². The van der Waals surface area contributed by atoms with E-state index in [9.17, 15) is 9.90 Å². The molecule has 0 aliphatic carbocycles. The number of amides is 1. The molecule has 1 fully saturated rings. The second-order valence-electron chi connectivity index (χ2n) is 7.60. The standard InChI is InChI=1S/C21H27N5O2/c27-20(14-26-12-15-3-1-2-4-16(15)13-26)11-24-21(28)17-7-19(10-23-8-17)25-18-5-6-22-9-18/h1-4,7-8,10,18,20,22,25,27H,5-6,9,11-14H2,(H,24,28)/t18?,20-/m0/s1. The maximum atomic E-state index is 12.4. The summed E-state index contributed by atoms with van der Waals surface area (Å²) in [6.07, 6.45) is 3.73. The Kier molecular flexibility index (Phi) is 5.85. The third kappa shape index (κ3) is 4.67. The highest BCUT2D eigenvalue weighted by Gasteiger charge is 2.21. The van der Waals surface area contributed by atoms with Crippen molar-refractivity contribution in [2.24, 2.45) is 0 Å². The van der Waals surface area contributed by atoms with Crippen molar-refractivity contribution in [1.82, 2.24) is 20.5 Å². The van der Waals surface area contributed by atoms with E-state index in [1.807, 2.05) is 18.2 Å². The molecule has 1 amide bonds. The van der Waals surface area contributed by atoms with Gasteiger partial charge in [0.1, 0.15) is 0 Å². The molecule has 7 nitrogen and oxygen atoms in total. The molecular weight excluding hydrogens is 354 g/mol. The minimum Gasteiger partial charge on any atom is -0.390 e. The molecule has 0 spiro atoms. The monoisotopic (exact) mass is 381 g/mol. The maximum Gasteiger partial charge on any atom is 0.253 e. The maximum absolute atomic E-state index is 12.4. The van der Waals surface area contributed by atoms with E-state index >= 15 is 0 Å². The molecule has 1 aromatic heterocycles. The molecule has 4 rings (SSSR count). The fraction of sp³-hybridized carbons (Fsp3) is 0.429. The van der Waals surface area contributed by atoms with Crippen LogP contribution >= 0.6 is 0 Å². The highest BCUT2D eigenvalue weighted by atomic mass is 16.3. The predicted molar refractivity (Wildman–Crippen MR) is 108 cm³/mol. The molecule has 148 valence electrons. The molecule has 1 unspecified atom stereocenters. The van der Waals surface area contributed by atoms with Gasteiger partial charge in [0.05, 0.1) is 17.4 Å². The third-order valence-corrected chi connectivity index (χ3v) is 5.31. The van der Waals surface area contributed by atoms with Crippen LogP contribution in [-0.2, 0) is 13.1 Å². The number of carbonyl (C=O) groups is 1. The van der Waals surface area contributed by atoms with E-state index in [-0.39, 0.29) is 12.5 Å². The van der Waals surface area contributed by atoms with E-state index in [2.05, 4.69) is 38.0 Å². The number of hydrogen-bond acceptors (Lipinski definition) is 6. The zero-order chi connectivity index (χ0) is 19.3. The first-order chi connectivity index (χ1) is 13.7. The molecule has 2 aliphatic heterocycles. The van der Waals surface area contributed by atoms with Gasteiger partial charge >= 0.3 is 0 Å². The molecule has 2 aliphatic rings. The minimum absolute atomic E-state index is 0.218. The molecule has 1 aromatic carbocycles. The van der Waals surface area contributed by atoms with Crippen molar-refractivity contribution in [3.63, 3.8) is 0 Å². The number of benzene rings is 1. The van der Waals surface area contributed by atoms with Gasteiger partial charge in [-0.1, -0.05) is 24.3 Å². The van der Waals surface area contributed by atoms with Crippen LogP contribution in [0.2, 0.25) is 0 Å². The van der Waals surface area contributed by atoms with E-state index in [0.717, 1.165) is 38.3 Å². The molecule has 1 saturated heterocycles. The molecular formula is C21H27N5O2. The Bertz CT molecular complexity index is 797. The lowest BCUT2D eigenvalue weighted by Gasteiger charge is -2.20. The average molecular weight is 381 g/mol. The number of aliphatic hydroxyl groups excluding tert-OH is 1. The summed E-state index contributed by atoms with van der Waals surface area (Å²) >= 11 is 0. The number of carbonyl (C=O) groups excluding carboxylic acids is 1. The van der Waals surface area contributed by atoms with Crippen LogP contribution in [0, 0.1) is 0 Å². The van der Waals surface area contributed by atoms with Gasteiger partial charge in [0, 0.05) is 51.2 Å². The zero-order valence-electron chi connectivity index (χ0n) is 15.9. The summed E-state index contributed by atoms with van der Waals surface area (Å²) in [4.78, 5) is 18.8. The molecule has 2 atom stereocenters. The number of nitrogens with zero attached hydrogens (tertiary/aromatic N) is 2. The predicted octanol–water partition coefficient (Wildman–Crippen LogP) is 0.962. The quantitative estimate of drug-likeness (QED) is 0.571. The topological polar surface area (TPSA) is 89.5 Å². The summed E-state index contributed by atoms with van der Waals surface area (Å²) in [7, 11) is 0. The first-order valence-corrected chi connectivity index (χ1v) is 9.85. The Morgan fingerprint density at radius 2 is 2.07 bits per heavy atom. The second kappa shape index (κ2) is 8.68. The normalized spacial score (nSPS) is 20.0. The summed E-state index contributed by atoms with van der Waals surface area (Å²) < 4.78 is 0. The summed E-state index contributed by atoms with van der Waals surface area (Å²) in [6, 6.07) is 10.5. The molecule has 2 aromatic rings. The number of aliphatic hydroxyl groups is 1. The summed E-state index contributed by atoms with van der Waals surface area (Å²) in [6.45, 7) is 4.36. The SMILES string of the molecule is O=C(NC[C@H](O)CN1Cc2ccccc2C1)c1cncc(NC2CCNC2)c1. The van der Waals surface area contributed by atoms with Crippen molar-refractivity contribution < 1.29 is 9.90 Å². The highest BCUT2D eigenvalue weighted by Crippen LogP contribution is 2.22. The Hall–Kier alpha value is -2.48. The van der Waals surface area contributed by atoms with Crippen molar-refractivity contribution in [2.75, 3.05) is 31.5 Å². The number of nitrogens with one attached hydrogen (secondary N) is 3. The third-order valence-electron chi connectivity index (χ3n) is 5.31. The van der Waals surface area contributed by atoms with Crippen molar-refractivity contribution in [3.05, 3.63) is 59.4 Å². The Balaban J connectivity index is 1.25. The molecule has 0 saturated carbocycles. The van der Waals surface area contributed by atoms with Crippen LogP contribution in [0.5, 0.6) is 0 Å². The van der Waals surface area contributed by atoms with Gasteiger partial charge in [0.15, 0.2) is 0 Å². The number of hydrogen-bond donors (Lipinski definition) is 4. The fourth-order valence-electron chi connectivity index (χ4n) is 3.86. The average Bonchev–Trinajstić information content (AvgIpc) is 3.35. The number of fused-ring (bicyclic) bond motifs is 1. The molecule has 4 N–H and O–H groups in total. The first-order valence-electron chi connectivity index (χ1n) is 9.85. The van der Waals surface area contributed by atoms with Gasteiger partial charge in [-0.05, 0) is 30.2 Å². The van der Waals surface area contributed by atoms with Gasteiger partial charge in [-0.2, -0.15) is 0 Å². The van der Waals surface area contributed by atoms with Crippen LogP contribution in [0.3, 0.4) is 0 Å². The number of pyridine rings is 1. The number of rotatable bonds is 7. The Morgan fingerprint density at radius 1 is 1.29 bits per heavy atom. The molecule has 0 bridgehead atoms. The number of anilines is 1. The van der Waals surface area contributed by atoms with E-state index in [0.29, 0.717) is 18.2 Å².